The molecule has 1 atom stereocenters. The van der Waals surface area contributed by atoms with Gasteiger partial charge in [-0.3, -0.25) is 0 Å². The molecule has 2 heteroatoms. The Kier molecular flexibility index (Phi) is 4.28. The van der Waals surface area contributed by atoms with E-state index in [1.165, 1.54) is 36.8 Å². The average Bonchev–Trinajstić information content (AvgIpc) is 2.90. The molecule has 100 valence electrons. The SMILES string of the molecule is COc1ccc(C(C)C)cc1C(N)C1CCCC1. The van der Waals surface area contributed by atoms with E-state index >= 15 is 0 Å². The minimum atomic E-state index is 0.126. The van der Waals surface area contributed by atoms with Gasteiger partial charge < -0.3 is 10.5 Å². The van der Waals surface area contributed by atoms with Crippen molar-refractivity contribution >= 4 is 0 Å². The quantitative estimate of drug-likeness (QED) is 0.872. The number of methoxy groups -OCH3 is 1. The van der Waals surface area contributed by atoms with E-state index in [2.05, 4.69) is 32.0 Å². The van der Waals surface area contributed by atoms with E-state index in [-0.39, 0.29) is 6.04 Å². The molecular formula is C16H25NO. The highest BCUT2D eigenvalue weighted by molar-refractivity contribution is 5.40. The molecule has 1 aliphatic carbocycles. The second-order valence-electron chi connectivity index (χ2n) is 5.73. The van der Waals surface area contributed by atoms with Crippen LogP contribution < -0.4 is 10.5 Å². The minimum Gasteiger partial charge on any atom is -0.496 e. The van der Waals surface area contributed by atoms with Crippen molar-refractivity contribution in [2.75, 3.05) is 7.11 Å². The van der Waals surface area contributed by atoms with Crippen LogP contribution in [0.5, 0.6) is 5.75 Å². The predicted molar refractivity (Wildman–Crippen MR) is 76.0 cm³/mol. The fraction of sp³-hybridized carbons (Fsp3) is 0.625. The lowest BCUT2D eigenvalue weighted by Gasteiger charge is -2.22. The van der Waals surface area contributed by atoms with Crippen LogP contribution in [0.25, 0.3) is 0 Å². The highest BCUT2D eigenvalue weighted by atomic mass is 16.5. The fourth-order valence-electron chi connectivity index (χ4n) is 2.94. The van der Waals surface area contributed by atoms with Gasteiger partial charge in [-0.2, -0.15) is 0 Å². The Morgan fingerprint density at radius 3 is 2.44 bits per heavy atom. The fourth-order valence-corrected chi connectivity index (χ4v) is 2.94. The maximum Gasteiger partial charge on any atom is 0.123 e. The Morgan fingerprint density at radius 2 is 1.89 bits per heavy atom. The van der Waals surface area contributed by atoms with E-state index in [0.29, 0.717) is 11.8 Å². The number of hydrogen-bond acceptors (Lipinski definition) is 2. The van der Waals surface area contributed by atoms with E-state index in [0.717, 1.165) is 5.75 Å². The van der Waals surface area contributed by atoms with Crippen LogP contribution >= 0.6 is 0 Å². The van der Waals surface area contributed by atoms with E-state index in [1.807, 2.05) is 0 Å². The summed E-state index contributed by atoms with van der Waals surface area (Å²) in [5.74, 6) is 2.10. The predicted octanol–water partition coefficient (Wildman–Crippen LogP) is 4.01. The first-order chi connectivity index (χ1) is 8.63. The van der Waals surface area contributed by atoms with Crippen LogP contribution in [0.4, 0.5) is 0 Å². The van der Waals surface area contributed by atoms with Crippen molar-refractivity contribution in [1.82, 2.24) is 0 Å². The van der Waals surface area contributed by atoms with Gasteiger partial charge in [0.1, 0.15) is 5.75 Å². The van der Waals surface area contributed by atoms with Gasteiger partial charge in [0.05, 0.1) is 7.11 Å². The Labute approximate surface area is 111 Å². The Hall–Kier alpha value is -1.02. The first-order valence-corrected chi connectivity index (χ1v) is 7.07. The Balaban J connectivity index is 2.30. The molecule has 0 heterocycles. The lowest BCUT2D eigenvalue weighted by atomic mass is 9.89. The number of benzene rings is 1. The van der Waals surface area contributed by atoms with E-state index in [1.54, 1.807) is 7.11 Å². The summed E-state index contributed by atoms with van der Waals surface area (Å²) in [7, 11) is 1.73. The van der Waals surface area contributed by atoms with Gasteiger partial charge in [-0.15, -0.1) is 0 Å². The normalized spacial score (nSPS) is 18.3. The largest absolute Gasteiger partial charge is 0.496 e. The van der Waals surface area contributed by atoms with Crippen LogP contribution in [0.3, 0.4) is 0 Å². The summed E-state index contributed by atoms with van der Waals surface area (Å²) in [6.07, 6.45) is 5.17. The molecule has 1 aromatic rings. The number of hydrogen-bond donors (Lipinski definition) is 1. The summed E-state index contributed by atoms with van der Waals surface area (Å²) in [6, 6.07) is 6.58. The summed E-state index contributed by atoms with van der Waals surface area (Å²) in [5, 5.41) is 0. The van der Waals surface area contributed by atoms with Gasteiger partial charge in [-0.05, 0) is 36.3 Å². The standard InChI is InChI=1S/C16H25NO/c1-11(2)13-8-9-15(18-3)14(10-13)16(17)12-6-4-5-7-12/h8-12,16H,4-7,17H2,1-3H3. The summed E-state index contributed by atoms with van der Waals surface area (Å²) in [5.41, 5.74) is 9.00. The van der Waals surface area contributed by atoms with Crippen LogP contribution in [0.1, 0.15) is 62.6 Å². The molecular weight excluding hydrogens is 222 g/mol. The van der Waals surface area contributed by atoms with E-state index in [9.17, 15) is 0 Å². The lowest BCUT2D eigenvalue weighted by molar-refractivity contribution is 0.385. The molecule has 0 amide bonds. The van der Waals surface area contributed by atoms with Gasteiger partial charge >= 0.3 is 0 Å². The molecule has 0 aliphatic heterocycles. The summed E-state index contributed by atoms with van der Waals surface area (Å²) in [4.78, 5) is 0. The van der Waals surface area contributed by atoms with Crippen molar-refractivity contribution in [3.05, 3.63) is 29.3 Å². The topological polar surface area (TPSA) is 35.2 Å². The second-order valence-corrected chi connectivity index (χ2v) is 5.73. The van der Waals surface area contributed by atoms with Crippen molar-refractivity contribution in [3.8, 4) is 5.75 Å². The van der Waals surface area contributed by atoms with Crippen molar-refractivity contribution < 1.29 is 4.74 Å². The van der Waals surface area contributed by atoms with Crippen molar-refractivity contribution in [1.29, 1.82) is 0 Å². The molecule has 0 bridgehead atoms. The van der Waals surface area contributed by atoms with Gasteiger partial charge in [0.2, 0.25) is 0 Å². The molecule has 1 aliphatic rings. The van der Waals surface area contributed by atoms with Crippen molar-refractivity contribution in [2.24, 2.45) is 11.7 Å². The molecule has 2 rings (SSSR count). The minimum absolute atomic E-state index is 0.126. The highest BCUT2D eigenvalue weighted by Crippen LogP contribution is 2.38. The highest BCUT2D eigenvalue weighted by Gasteiger charge is 2.25. The van der Waals surface area contributed by atoms with Crippen LogP contribution in [0.15, 0.2) is 18.2 Å². The van der Waals surface area contributed by atoms with Crippen molar-refractivity contribution in [2.45, 2.75) is 51.5 Å². The average molecular weight is 247 g/mol. The van der Waals surface area contributed by atoms with Gasteiger partial charge in [-0.1, -0.05) is 38.8 Å². The van der Waals surface area contributed by atoms with Crippen molar-refractivity contribution in [3.63, 3.8) is 0 Å². The summed E-state index contributed by atoms with van der Waals surface area (Å²) >= 11 is 0. The first kappa shape index (κ1) is 13.4. The molecule has 1 fully saturated rings. The van der Waals surface area contributed by atoms with E-state index < -0.39 is 0 Å². The van der Waals surface area contributed by atoms with Gasteiger partial charge in [-0.25, -0.2) is 0 Å². The molecule has 1 saturated carbocycles. The first-order valence-electron chi connectivity index (χ1n) is 7.07. The van der Waals surface area contributed by atoms with E-state index in [4.69, 9.17) is 10.5 Å². The zero-order valence-electron chi connectivity index (χ0n) is 11.8. The maximum atomic E-state index is 6.47. The van der Waals surface area contributed by atoms with Gasteiger partial charge in [0.25, 0.3) is 0 Å². The van der Waals surface area contributed by atoms with Crippen LogP contribution in [-0.2, 0) is 0 Å². The molecule has 1 unspecified atom stereocenters. The van der Waals surface area contributed by atoms with Crippen LogP contribution in [-0.4, -0.2) is 7.11 Å². The number of ether oxygens (including phenoxy) is 1. The number of nitrogens with two attached hydrogens (primary N) is 1. The molecule has 1 aromatic carbocycles. The van der Waals surface area contributed by atoms with Gasteiger partial charge in [0, 0.05) is 11.6 Å². The Bertz CT molecular complexity index is 394. The monoisotopic (exact) mass is 247 g/mol. The summed E-state index contributed by atoms with van der Waals surface area (Å²) in [6.45, 7) is 4.43. The third-order valence-electron chi connectivity index (χ3n) is 4.19. The van der Waals surface area contributed by atoms with Crippen LogP contribution in [0, 0.1) is 5.92 Å². The molecule has 0 aromatic heterocycles. The lowest BCUT2D eigenvalue weighted by Crippen LogP contribution is -2.20. The third kappa shape index (κ3) is 2.69. The summed E-state index contributed by atoms with van der Waals surface area (Å²) < 4.78 is 5.48. The molecule has 0 radical (unpaired) electrons. The molecule has 2 nitrogen and oxygen atoms in total. The Morgan fingerprint density at radius 1 is 1.22 bits per heavy atom. The molecule has 18 heavy (non-hydrogen) atoms. The second kappa shape index (κ2) is 5.75. The van der Waals surface area contributed by atoms with Crippen LogP contribution in [0.2, 0.25) is 0 Å². The molecule has 0 spiro atoms. The molecule has 2 N–H and O–H groups in total. The number of rotatable bonds is 4. The zero-order chi connectivity index (χ0) is 13.1. The van der Waals surface area contributed by atoms with Gasteiger partial charge in [0.15, 0.2) is 0 Å². The zero-order valence-corrected chi connectivity index (χ0v) is 11.8. The third-order valence-corrected chi connectivity index (χ3v) is 4.19. The smallest absolute Gasteiger partial charge is 0.123 e. The molecule has 0 saturated heterocycles. The maximum absolute atomic E-state index is 6.47.